The van der Waals surface area contributed by atoms with Crippen molar-refractivity contribution < 1.29 is 19.1 Å². The van der Waals surface area contributed by atoms with Crippen molar-refractivity contribution in [3.05, 3.63) is 60.2 Å². The van der Waals surface area contributed by atoms with Gasteiger partial charge in [0.25, 0.3) is 5.91 Å². The molecule has 0 aromatic heterocycles. The van der Waals surface area contributed by atoms with Crippen LogP contribution in [0, 0.1) is 0 Å². The third-order valence-electron chi connectivity index (χ3n) is 3.74. The standard InChI is InChI=1S/C20H22N4O4/c1-4-28-20(26)13(2)14-9-7-11-17(18(14)27-3)24-19(25)15-8-5-6-10-16(15)22-12-23-21/h5-12H,2,4,21H2,1,3H3,(H,22,23)(H,24,25). The first-order chi connectivity index (χ1) is 13.5. The number of carbonyl (C=O) groups excluding carboxylic acids is 2. The number of nitrogens with zero attached hydrogens (tertiary/aromatic N) is 1. The van der Waals surface area contributed by atoms with Gasteiger partial charge in [-0.2, -0.15) is 0 Å². The smallest absolute Gasteiger partial charge is 0.338 e. The molecule has 0 fully saturated rings. The number of hydrazine groups is 1. The lowest BCUT2D eigenvalue weighted by molar-refractivity contribution is -0.136. The summed E-state index contributed by atoms with van der Waals surface area (Å²) in [5, 5.41) is 2.78. The number of nitrogens with two attached hydrogens (primary N) is 1. The predicted molar refractivity (Wildman–Crippen MR) is 109 cm³/mol. The lowest BCUT2D eigenvalue weighted by atomic mass is 10.0. The molecule has 0 heterocycles. The number of carbonyl (C=O) groups is 2. The predicted octanol–water partition coefficient (Wildman–Crippen LogP) is 2.65. The lowest BCUT2D eigenvalue weighted by Gasteiger charge is -2.15. The summed E-state index contributed by atoms with van der Waals surface area (Å²) in [6, 6.07) is 11.8. The minimum Gasteiger partial charge on any atom is -0.494 e. The molecule has 0 aliphatic heterocycles. The Morgan fingerprint density at radius 1 is 1.18 bits per heavy atom. The summed E-state index contributed by atoms with van der Waals surface area (Å²) in [5.74, 6) is 4.54. The number of anilines is 1. The van der Waals surface area contributed by atoms with Crippen molar-refractivity contribution >= 4 is 35.2 Å². The third-order valence-corrected chi connectivity index (χ3v) is 3.74. The van der Waals surface area contributed by atoms with Crippen LogP contribution in [0.15, 0.2) is 54.0 Å². The zero-order chi connectivity index (χ0) is 20.5. The molecule has 0 aliphatic carbocycles. The van der Waals surface area contributed by atoms with Crippen molar-refractivity contribution in [2.45, 2.75) is 6.92 Å². The quantitative estimate of drug-likeness (QED) is 0.161. The summed E-state index contributed by atoms with van der Waals surface area (Å²) in [7, 11) is 1.44. The number of hydrogen-bond donors (Lipinski definition) is 3. The van der Waals surface area contributed by atoms with Crippen molar-refractivity contribution in [1.29, 1.82) is 0 Å². The van der Waals surface area contributed by atoms with E-state index in [1.54, 1.807) is 49.4 Å². The highest BCUT2D eigenvalue weighted by molar-refractivity contribution is 6.17. The topological polar surface area (TPSA) is 115 Å². The number of esters is 1. The molecule has 8 nitrogen and oxygen atoms in total. The number of nitrogens with one attached hydrogen (secondary N) is 2. The Hall–Kier alpha value is -3.65. The highest BCUT2D eigenvalue weighted by Crippen LogP contribution is 2.34. The fraction of sp³-hybridized carbons (Fsp3) is 0.150. The van der Waals surface area contributed by atoms with Crippen molar-refractivity contribution in [3.8, 4) is 5.75 Å². The van der Waals surface area contributed by atoms with E-state index < -0.39 is 11.9 Å². The van der Waals surface area contributed by atoms with Gasteiger partial charge in [-0.15, -0.1) is 0 Å². The van der Waals surface area contributed by atoms with Gasteiger partial charge in [0.15, 0.2) is 0 Å². The van der Waals surface area contributed by atoms with E-state index in [2.05, 4.69) is 22.3 Å². The Labute approximate surface area is 163 Å². The number of methoxy groups -OCH3 is 1. The Bertz CT molecular complexity index is 909. The minimum absolute atomic E-state index is 0.133. The van der Waals surface area contributed by atoms with Gasteiger partial charge in [0, 0.05) is 5.56 Å². The van der Waals surface area contributed by atoms with Gasteiger partial charge < -0.3 is 20.2 Å². The maximum absolute atomic E-state index is 12.8. The van der Waals surface area contributed by atoms with E-state index in [9.17, 15) is 9.59 Å². The first-order valence-corrected chi connectivity index (χ1v) is 8.45. The molecule has 2 rings (SSSR count). The number of amides is 1. The largest absolute Gasteiger partial charge is 0.494 e. The van der Waals surface area contributed by atoms with Crippen LogP contribution in [0.25, 0.3) is 5.57 Å². The second-order valence-corrected chi connectivity index (χ2v) is 5.48. The normalized spacial score (nSPS) is 10.4. The number of ether oxygens (including phenoxy) is 2. The number of benzene rings is 2. The van der Waals surface area contributed by atoms with E-state index in [0.29, 0.717) is 28.3 Å². The van der Waals surface area contributed by atoms with E-state index in [1.807, 2.05) is 0 Å². The van der Waals surface area contributed by atoms with Crippen LogP contribution in [0.4, 0.5) is 11.4 Å². The molecule has 0 spiro atoms. The van der Waals surface area contributed by atoms with Crippen molar-refractivity contribution in [2.24, 2.45) is 10.8 Å². The molecule has 0 atom stereocenters. The molecule has 0 unspecified atom stereocenters. The molecule has 28 heavy (non-hydrogen) atoms. The minimum atomic E-state index is -0.557. The van der Waals surface area contributed by atoms with Gasteiger partial charge in [-0.3, -0.25) is 4.79 Å². The van der Waals surface area contributed by atoms with E-state index in [4.69, 9.17) is 15.3 Å². The number of rotatable bonds is 8. The number of hydrogen-bond acceptors (Lipinski definition) is 6. The summed E-state index contributed by atoms with van der Waals surface area (Å²) in [6.45, 7) is 5.71. The first kappa shape index (κ1) is 20.7. The van der Waals surface area contributed by atoms with Crippen LogP contribution >= 0.6 is 0 Å². The highest BCUT2D eigenvalue weighted by Gasteiger charge is 2.19. The van der Waals surface area contributed by atoms with Gasteiger partial charge in [-0.25, -0.2) is 15.6 Å². The number of para-hydroxylation sites is 2. The maximum atomic E-state index is 12.8. The zero-order valence-electron chi connectivity index (χ0n) is 15.7. The number of aliphatic imine (C=N–C) groups is 1. The summed E-state index contributed by atoms with van der Waals surface area (Å²) >= 11 is 0. The Balaban J connectivity index is 2.36. The van der Waals surface area contributed by atoms with Gasteiger partial charge in [0.05, 0.1) is 36.2 Å². The molecule has 2 aromatic carbocycles. The van der Waals surface area contributed by atoms with Gasteiger partial charge >= 0.3 is 5.97 Å². The summed E-state index contributed by atoms with van der Waals surface area (Å²) in [4.78, 5) is 28.9. The fourth-order valence-electron chi connectivity index (χ4n) is 2.50. The van der Waals surface area contributed by atoms with Crippen LogP contribution in [0.2, 0.25) is 0 Å². The summed E-state index contributed by atoms with van der Waals surface area (Å²) in [6.07, 6.45) is 1.27. The molecular weight excluding hydrogens is 360 g/mol. The monoisotopic (exact) mass is 382 g/mol. The summed E-state index contributed by atoms with van der Waals surface area (Å²) < 4.78 is 10.4. The molecule has 0 radical (unpaired) electrons. The third kappa shape index (κ3) is 4.74. The van der Waals surface area contributed by atoms with Crippen LogP contribution in [-0.2, 0) is 9.53 Å². The second-order valence-electron chi connectivity index (χ2n) is 5.48. The molecular formula is C20H22N4O4. The fourth-order valence-corrected chi connectivity index (χ4v) is 2.50. The molecule has 8 heteroatoms. The lowest BCUT2D eigenvalue weighted by Crippen LogP contribution is -2.19. The molecule has 0 saturated carbocycles. The van der Waals surface area contributed by atoms with Gasteiger partial charge in [0.2, 0.25) is 0 Å². The molecule has 2 aromatic rings. The molecule has 4 N–H and O–H groups in total. The Morgan fingerprint density at radius 2 is 1.89 bits per heavy atom. The van der Waals surface area contributed by atoms with E-state index in [1.165, 1.54) is 13.4 Å². The second kappa shape index (κ2) is 9.89. The van der Waals surface area contributed by atoms with E-state index in [0.717, 1.165) is 0 Å². The van der Waals surface area contributed by atoms with E-state index in [-0.39, 0.29) is 12.2 Å². The Morgan fingerprint density at radius 3 is 2.57 bits per heavy atom. The van der Waals surface area contributed by atoms with E-state index >= 15 is 0 Å². The Kier molecular flexibility index (Phi) is 7.29. The van der Waals surface area contributed by atoms with Crippen molar-refractivity contribution in [2.75, 3.05) is 19.0 Å². The van der Waals surface area contributed by atoms with Gasteiger partial charge in [0.1, 0.15) is 12.1 Å². The van der Waals surface area contributed by atoms with Crippen molar-refractivity contribution in [3.63, 3.8) is 0 Å². The van der Waals surface area contributed by atoms with Crippen LogP contribution in [-0.4, -0.2) is 31.9 Å². The highest BCUT2D eigenvalue weighted by atomic mass is 16.5. The molecule has 0 bridgehead atoms. The average Bonchev–Trinajstić information content (AvgIpc) is 2.71. The van der Waals surface area contributed by atoms with Gasteiger partial charge in [-0.05, 0) is 25.1 Å². The average molecular weight is 382 g/mol. The maximum Gasteiger partial charge on any atom is 0.338 e. The first-order valence-electron chi connectivity index (χ1n) is 8.45. The van der Waals surface area contributed by atoms with Crippen molar-refractivity contribution in [1.82, 2.24) is 5.43 Å². The van der Waals surface area contributed by atoms with Crippen LogP contribution in [0.5, 0.6) is 5.75 Å². The summed E-state index contributed by atoms with van der Waals surface area (Å²) in [5.41, 5.74) is 4.01. The molecule has 1 amide bonds. The van der Waals surface area contributed by atoms with Crippen LogP contribution in [0.3, 0.4) is 0 Å². The SMILES string of the molecule is C=C(C(=O)OCC)c1cccc(NC(=O)c2ccccc2N=CNN)c1OC. The van der Waals surface area contributed by atoms with Crippen LogP contribution < -0.4 is 21.3 Å². The van der Waals surface area contributed by atoms with Gasteiger partial charge in [-0.1, -0.05) is 30.8 Å². The zero-order valence-corrected chi connectivity index (χ0v) is 15.7. The molecule has 0 saturated heterocycles. The van der Waals surface area contributed by atoms with Crippen LogP contribution in [0.1, 0.15) is 22.8 Å². The molecule has 0 aliphatic rings. The molecule has 146 valence electrons.